The minimum atomic E-state index is -0.441. The third kappa shape index (κ3) is 4.98. The number of benzene rings is 1. The second-order valence-corrected chi connectivity index (χ2v) is 8.17. The summed E-state index contributed by atoms with van der Waals surface area (Å²) >= 11 is 5.85. The summed E-state index contributed by atoms with van der Waals surface area (Å²) in [6.07, 6.45) is 1.97. The average Bonchev–Trinajstić information content (AvgIpc) is 2.62. The van der Waals surface area contributed by atoms with E-state index in [9.17, 15) is 14.6 Å². The smallest absolute Gasteiger partial charge is 0.145 e. The number of aromatic nitrogens is 1. The molecule has 1 aromatic heterocycles. The number of aliphatic hydroxyl groups is 2. The third-order valence-corrected chi connectivity index (χ3v) is 5.22. The summed E-state index contributed by atoms with van der Waals surface area (Å²) in [6, 6.07) is 6.69. The molecule has 0 bridgehead atoms. The number of hydrogen-bond donors (Lipinski definition) is 2. The van der Waals surface area contributed by atoms with Crippen molar-refractivity contribution in [2.45, 2.75) is 33.1 Å². The van der Waals surface area contributed by atoms with Gasteiger partial charge in [0.2, 0.25) is 0 Å². The number of rotatable bonds is 7. The van der Waals surface area contributed by atoms with E-state index in [1.165, 1.54) is 13.2 Å². The Morgan fingerprint density at radius 2 is 1.93 bits per heavy atom. The second-order valence-electron chi connectivity index (χ2n) is 7.76. The van der Waals surface area contributed by atoms with Crippen LogP contribution in [0.5, 0.6) is 5.75 Å². The van der Waals surface area contributed by atoms with Gasteiger partial charge in [-0.15, -0.1) is 0 Å². The van der Waals surface area contributed by atoms with Gasteiger partial charge in [-0.3, -0.25) is 4.98 Å². The van der Waals surface area contributed by atoms with Crippen LogP contribution in [0.4, 0.5) is 4.39 Å². The van der Waals surface area contributed by atoms with E-state index in [1.54, 1.807) is 24.4 Å². The maximum Gasteiger partial charge on any atom is 0.145 e. The SMILES string of the molecule is COc1cc(Cc2cccc(Cl)c2F)cnc1C(CO)[C@H](CO)C(C)(C)C. The molecule has 0 saturated heterocycles. The largest absolute Gasteiger partial charge is 0.495 e. The molecule has 2 aromatic rings. The van der Waals surface area contributed by atoms with Crippen molar-refractivity contribution < 1.29 is 19.3 Å². The van der Waals surface area contributed by atoms with Crippen molar-refractivity contribution in [1.29, 1.82) is 0 Å². The molecule has 0 spiro atoms. The molecule has 0 amide bonds. The summed E-state index contributed by atoms with van der Waals surface area (Å²) in [7, 11) is 1.53. The van der Waals surface area contributed by atoms with Crippen LogP contribution in [0.1, 0.15) is 43.5 Å². The number of ether oxygens (including phenoxy) is 1. The lowest BCUT2D eigenvalue weighted by atomic mass is 9.72. The predicted octanol–water partition coefficient (Wildman–Crippen LogP) is 4.20. The van der Waals surface area contributed by atoms with Gasteiger partial charge in [0.05, 0.1) is 24.4 Å². The molecule has 1 unspecified atom stereocenters. The molecule has 2 N–H and O–H groups in total. The molecule has 0 radical (unpaired) electrons. The van der Waals surface area contributed by atoms with Crippen LogP contribution in [0.2, 0.25) is 5.02 Å². The normalized spacial score (nSPS) is 14.1. The molecule has 0 aliphatic heterocycles. The molecule has 1 heterocycles. The van der Waals surface area contributed by atoms with Crippen LogP contribution >= 0.6 is 11.6 Å². The van der Waals surface area contributed by atoms with E-state index in [2.05, 4.69) is 4.98 Å². The highest BCUT2D eigenvalue weighted by molar-refractivity contribution is 6.30. The minimum absolute atomic E-state index is 0.0744. The summed E-state index contributed by atoms with van der Waals surface area (Å²) < 4.78 is 19.7. The molecule has 0 aliphatic carbocycles. The lowest BCUT2D eigenvalue weighted by Gasteiger charge is -2.35. The van der Waals surface area contributed by atoms with Gasteiger partial charge in [0.1, 0.15) is 11.6 Å². The fraction of sp³-hybridized carbons (Fsp3) is 0.476. The number of halogens is 2. The van der Waals surface area contributed by atoms with Gasteiger partial charge in [-0.25, -0.2) is 4.39 Å². The number of pyridine rings is 1. The number of hydrogen-bond acceptors (Lipinski definition) is 4. The van der Waals surface area contributed by atoms with Crippen LogP contribution in [-0.2, 0) is 6.42 Å². The summed E-state index contributed by atoms with van der Waals surface area (Å²) in [4.78, 5) is 4.50. The fourth-order valence-corrected chi connectivity index (χ4v) is 3.54. The fourth-order valence-electron chi connectivity index (χ4n) is 3.35. The van der Waals surface area contributed by atoms with Crippen LogP contribution in [0, 0.1) is 17.2 Å². The second kappa shape index (κ2) is 9.00. The molecule has 0 saturated carbocycles. The van der Waals surface area contributed by atoms with Gasteiger partial charge in [-0.2, -0.15) is 0 Å². The van der Waals surface area contributed by atoms with E-state index in [4.69, 9.17) is 16.3 Å². The lowest BCUT2D eigenvalue weighted by Crippen LogP contribution is -2.32. The van der Waals surface area contributed by atoms with Gasteiger partial charge in [-0.05, 0) is 34.6 Å². The lowest BCUT2D eigenvalue weighted by molar-refractivity contribution is 0.0778. The zero-order valence-corrected chi connectivity index (χ0v) is 16.9. The van der Waals surface area contributed by atoms with Crippen LogP contribution in [0.25, 0.3) is 0 Å². The summed E-state index contributed by atoms with van der Waals surface area (Å²) in [5.74, 6) is -0.498. The average molecular weight is 396 g/mol. The zero-order valence-electron chi connectivity index (χ0n) is 16.2. The highest BCUT2D eigenvalue weighted by atomic mass is 35.5. The Balaban J connectivity index is 2.39. The van der Waals surface area contributed by atoms with Gasteiger partial charge in [0, 0.05) is 25.1 Å². The van der Waals surface area contributed by atoms with Crippen LogP contribution in [0.15, 0.2) is 30.5 Å². The van der Waals surface area contributed by atoms with Crippen molar-refractivity contribution in [2.24, 2.45) is 11.3 Å². The van der Waals surface area contributed by atoms with E-state index in [0.29, 0.717) is 23.4 Å². The van der Waals surface area contributed by atoms with Crippen LogP contribution in [-0.4, -0.2) is 35.5 Å². The molecular formula is C21H27ClFNO3. The van der Waals surface area contributed by atoms with Gasteiger partial charge in [0.25, 0.3) is 0 Å². The third-order valence-electron chi connectivity index (χ3n) is 4.93. The Morgan fingerprint density at radius 3 is 2.48 bits per heavy atom. The highest BCUT2D eigenvalue weighted by Gasteiger charge is 2.34. The zero-order chi connectivity index (χ0) is 20.2. The van der Waals surface area contributed by atoms with Crippen molar-refractivity contribution >= 4 is 11.6 Å². The van der Waals surface area contributed by atoms with E-state index >= 15 is 0 Å². The Morgan fingerprint density at radius 1 is 1.22 bits per heavy atom. The number of nitrogens with zero attached hydrogens (tertiary/aromatic N) is 1. The summed E-state index contributed by atoms with van der Waals surface area (Å²) in [5.41, 5.74) is 1.60. The Kier molecular flexibility index (Phi) is 7.20. The standard InChI is InChI=1S/C21H27ClFNO3/c1-21(2,3)16(12-26)15(11-25)20-18(27-4)9-13(10-24-20)8-14-6-5-7-17(22)19(14)23/h5-7,9-10,15-16,25-26H,8,11-12H2,1-4H3/t15?,16-/m0/s1. The maximum absolute atomic E-state index is 14.2. The molecule has 148 valence electrons. The molecule has 0 fully saturated rings. The van der Waals surface area contributed by atoms with Gasteiger partial charge in [-0.1, -0.05) is 44.5 Å². The van der Waals surface area contributed by atoms with Crippen molar-refractivity contribution in [3.8, 4) is 5.75 Å². The van der Waals surface area contributed by atoms with Crippen molar-refractivity contribution in [1.82, 2.24) is 4.98 Å². The minimum Gasteiger partial charge on any atom is -0.495 e. The summed E-state index contributed by atoms with van der Waals surface area (Å²) in [5, 5.41) is 19.9. The Hall–Kier alpha value is -1.69. The quantitative estimate of drug-likeness (QED) is 0.737. The molecule has 1 aromatic carbocycles. The van der Waals surface area contributed by atoms with Crippen molar-refractivity contribution in [3.05, 3.63) is 58.1 Å². The summed E-state index contributed by atoms with van der Waals surface area (Å²) in [6.45, 7) is 5.81. The number of methoxy groups -OCH3 is 1. The number of aliphatic hydroxyl groups excluding tert-OH is 2. The highest BCUT2D eigenvalue weighted by Crippen LogP contribution is 2.40. The first-order chi connectivity index (χ1) is 12.7. The predicted molar refractivity (Wildman–Crippen MR) is 105 cm³/mol. The van der Waals surface area contributed by atoms with E-state index in [1.807, 2.05) is 20.8 Å². The van der Waals surface area contributed by atoms with Crippen molar-refractivity contribution in [2.75, 3.05) is 20.3 Å². The molecule has 0 aliphatic rings. The van der Waals surface area contributed by atoms with E-state index < -0.39 is 5.82 Å². The molecule has 27 heavy (non-hydrogen) atoms. The first-order valence-corrected chi connectivity index (χ1v) is 9.28. The van der Waals surface area contributed by atoms with Gasteiger partial charge in [0.15, 0.2) is 0 Å². The molecule has 4 nitrogen and oxygen atoms in total. The molecular weight excluding hydrogens is 369 g/mol. The van der Waals surface area contributed by atoms with Gasteiger partial charge < -0.3 is 14.9 Å². The molecule has 2 rings (SSSR count). The first kappa shape index (κ1) is 21.6. The molecule has 6 heteroatoms. The molecule has 2 atom stereocenters. The monoisotopic (exact) mass is 395 g/mol. The maximum atomic E-state index is 14.2. The van der Waals surface area contributed by atoms with E-state index in [0.717, 1.165) is 5.56 Å². The van der Waals surface area contributed by atoms with Crippen LogP contribution < -0.4 is 4.74 Å². The van der Waals surface area contributed by atoms with E-state index in [-0.39, 0.29) is 35.5 Å². The Bertz CT molecular complexity index is 777. The van der Waals surface area contributed by atoms with Crippen molar-refractivity contribution in [3.63, 3.8) is 0 Å². The van der Waals surface area contributed by atoms with Gasteiger partial charge >= 0.3 is 0 Å². The first-order valence-electron chi connectivity index (χ1n) is 8.90. The Labute approximate surface area is 165 Å². The van der Waals surface area contributed by atoms with Crippen LogP contribution in [0.3, 0.4) is 0 Å². The topological polar surface area (TPSA) is 62.6 Å².